The van der Waals surface area contributed by atoms with Gasteiger partial charge in [0.15, 0.2) is 0 Å². The maximum atomic E-state index is 11.6. The van der Waals surface area contributed by atoms with Gasteiger partial charge in [0.25, 0.3) is 0 Å². The zero-order valence-corrected chi connectivity index (χ0v) is 11.5. The van der Waals surface area contributed by atoms with Gasteiger partial charge in [-0.25, -0.2) is 0 Å². The minimum absolute atomic E-state index is 0.620. The van der Waals surface area contributed by atoms with Gasteiger partial charge in [-0.15, -0.1) is 0 Å². The Balaban J connectivity index is 2.13. The summed E-state index contributed by atoms with van der Waals surface area (Å²) in [5, 5.41) is 11.6. The first kappa shape index (κ1) is 12.2. The van der Waals surface area contributed by atoms with Crippen molar-refractivity contribution in [3.05, 3.63) is 89.5 Å². The van der Waals surface area contributed by atoms with Crippen LogP contribution in [0.1, 0.15) is 16.7 Å². The van der Waals surface area contributed by atoms with Crippen LogP contribution in [0.3, 0.4) is 0 Å². The highest BCUT2D eigenvalue weighted by atomic mass is 16.3. The first-order chi connectivity index (χ1) is 10.2. The van der Waals surface area contributed by atoms with Gasteiger partial charge in [0.05, 0.1) is 0 Å². The van der Waals surface area contributed by atoms with Crippen LogP contribution in [0.5, 0.6) is 0 Å². The number of nitrogens with two attached hydrogens (primary N) is 1. The third kappa shape index (κ3) is 1.51. The van der Waals surface area contributed by atoms with Crippen LogP contribution in [0.15, 0.2) is 72.8 Å². The summed E-state index contributed by atoms with van der Waals surface area (Å²) < 4.78 is 0. The number of hydrogen-bond donors (Lipinski definition) is 2. The molecule has 3 N–H and O–H groups in total. The van der Waals surface area contributed by atoms with E-state index in [-0.39, 0.29) is 0 Å². The summed E-state index contributed by atoms with van der Waals surface area (Å²) in [6.45, 7) is 0. The van der Waals surface area contributed by atoms with E-state index in [9.17, 15) is 5.11 Å². The van der Waals surface area contributed by atoms with Gasteiger partial charge in [-0.05, 0) is 22.8 Å². The third-order valence-corrected chi connectivity index (χ3v) is 4.26. The fourth-order valence-electron chi connectivity index (χ4n) is 3.35. The first-order valence-electron chi connectivity index (χ1n) is 6.99. The molecule has 0 aromatic heterocycles. The second-order valence-corrected chi connectivity index (χ2v) is 5.39. The number of benzene rings is 3. The molecule has 3 aromatic carbocycles. The monoisotopic (exact) mass is 273 g/mol. The van der Waals surface area contributed by atoms with Crippen LogP contribution in [-0.4, -0.2) is 5.11 Å². The van der Waals surface area contributed by atoms with Crippen molar-refractivity contribution in [3.63, 3.8) is 0 Å². The van der Waals surface area contributed by atoms with Gasteiger partial charge in [0.2, 0.25) is 0 Å². The van der Waals surface area contributed by atoms with Crippen LogP contribution >= 0.6 is 0 Å². The van der Waals surface area contributed by atoms with Gasteiger partial charge >= 0.3 is 0 Å². The zero-order valence-electron chi connectivity index (χ0n) is 11.5. The molecule has 1 aliphatic rings. The number of nitrogen functional groups attached to an aromatic ring is 1. The van der Waals surface area contributed by atoms with Crippen molar-refractivity contribution in [2.24, 2.45) is 0 Å². The number of hydrogen-bond acceptors (Lipinski definition) is 2. The molecule has 0 fully saturated rings. The Kier molecular flexibility index (Phi) is 2.44. The summed E-state index contributed by atoms with van der Waals surface area (Å²) in [5.41, 5.74) is 10.2. The molecule has 2 heteroatoms. The molecule has 0 aliphatic heterocycles. The summed E-state index contributed by atoms with van der Waals surface area (Å²) in [6, 6.07) is 23.5. The number of anilines is 1. The van der Waals surface area contributed by atoms with Crippen LogP contribution in [0.25, 0.3) is 11.1 Å². The molecule has 102 valence electrons. The van der Waals surface area contributed by atoms with Crippen LogP contribution in [0.4, 0.5) is 5.69 Å². The molecule has 0 spiro atoms. The van der Waals surface area contributed by atoms with Crippen molar-refractivity contribution in [3.8, 4) is 11.1 Å². The van der Waals surface area contributed by atoms with E-state index in [0.29, 0.717) is 5.69 Å². The topological polar surface area (TPSA) is 46.2 Å². The molecular weight excluding hydrogens is 258 g/mol. The lowest BCUT2D eigenvalue weighted by Gasteiger charge is -2.27. The molecule has 0 bridgehead atoms. The van der Waals surface area contributed by atoms with Crippen LogP contribution in [0.2, 0.25) is 0 Å². The lowest BCUT2D eigenvalue weighted by molar-refractivity contribution is 0.131. The Morgan fingerprint density at radius 3 is 2.19 bits per heavy atom. The smallest absolute Gasteiger partial charge is 0.143 e. The Morgan fingerprint density at radius 1 is 0.714 bits per heavy atom. The minimum Gasteiger partial charge on any atom is -0.398 e. The van der Waals surface area contributed by atoms with Gasteiger partial charge < -0.3 is 10.8 Å². The van der Waals surface area contributed by atoms with E-state index in [1.54, 1.807) is 0 Å². The Hall–Kier alpha value is -2.58. The van der Waals surface area contributed by atoms with Gasteiger partial charge in [-0.1, -0.05) is 66.7 Å². The second-order valence-electron chi connectivity index (χ2n) is 5.39. The summed E-state index contributed by atoms with van der Waals surface area (Å²) in [7, 11) is 0. The zero-order chi connectivity index (χ0) is 14.4. The fraction of sp³-hybridized carbons (Fsp3) is 0.0526. The molecule has 21 heavy (non-hydrogen) atoms. The molecule has 0 saturated heterocycles. The Bertz CT molecular complexity index is 826. The summed E-state index contributed by atoms with van der Waals surface area (Å²) in [5.74, 6) is 0. The predicted molar refractivity (Wildman–Crippen MR) is 84.8 cm³/mol. The van der Waals surface area contributed by atoms with Crippen molar-refractivity contribution in [1.29, 1.82) is 0 Å². The Labute approximate surface area is 123 Å². The largest absolute Gasteiger partial charge is 0.398 e. The number of rotatable bonds is 1. The minimum atomic E-state index is -1.18. The van der Waals surface area contributed by atoms with Gasteiger partial charge in [-0.3, -0.25) is 0 Å². The summed E-state index contributed by atoms with van der Waals surface area (Å²) in [6.07, 6.45) is 0. The van der Waals surface area contributed by atoms with Crippen LogP contribution in [-0.2, 0) is 5.60 Å². The highest BCUT2D eigenvalue weighted by Gasteiger charge is 2.44. The summed E-state index contributed by atoms with van der Waals surface area (Å²) >= 11 is 0. The molecule has 0 amide bonds. The van der Waals surface area contributed by atoms with E-state index in [0.717, 1.165) is 27.8 Å². The van der Waals surface area contributed by atoms with E-state index < -0.39 is 5.60 Å². The van der Waals surface area contributed by atoms with Gasteiger partial charge in [-0.2, -0.15) is 0 Å². The number of fused-ring (bicyclic) bond motifs is 3. The van der Waals surface area contributed by atoms with Crippen molar-refractivity contribution < 1.29 is 5.11 Å². The van der Waals surface area contributed by atoms with E-state index in [1.807, 2.05) is 72.8 Å². The molecule has 3 aromatic rings. The molecule has 0 heterocycles. The van der Waals surface area contributed by atoms with Crippen molar-refractivity contribution >= 4 is 5.69 Å². The highest BCUT2D eigenvalue weighted by Crippen LogP contribution is 2.52. The molecular formula is C19H15NO. The standard InChI is InChI=1S/C19H15NO/c20-17-12-6-10-15-14-9-4-5-11-16(14)19(21,18(15)17)13-7-2-1-3-8-13/h1-12,21H,20H2. The van der Waals surface area contributed by atoms with E-state index in [2.05, 4.69) is 0 Å². The molecule has 1 aliphatic carbocycles. The van der Waals surface area contributed by atoms with E-state index in [4.69, 9.17) is 5.73 Å². The lowest BCUT2D eigenvalue weighted by atomic mass is 9.83. The maximum Gasteiger partial charge on any atom is 0.143 e. The molecule has 2 nitrogen and oxygen atoms in total. The first-order valence-corrected chi connectivity index (χ1v) is 6.99. The lowest BCUT2D eigenvalue weighted by Crippen LogP contribution is -2.27. The SMILES string of the molecule is Nc1cccc2c1C(O)(c1ccccc1)c1ccccc1-2. The maximum absolute atomic E-state index is 11.6. The molecule has 4 rings (SSSR count). The second kappa shape index (κ2) is 4.21. The fourth-order valence-corrected chi connectivity index (χ4v) is 3.35. The molecule has 0 radical (unpaired) electrons. The normalized spacial score (nSPS) is 19.1. The van der Waals surface area contributed by atoms with Crippen molar-refractivity contribution in [2.45, 2.75) is 5.60 Å². The molecule has 1 unspecified atom stereocenters. The molecule has 0 saturated carbocycles. The molecule has 1 atom stereocenters. The summed E-state index contributed by atoms with van der Waals surface area (Å²) in [4.78, 5) is 0. The Morgan fingerprint density at radius 2 is 1.38 bits per heavy atom. The van der Waals surface area contributed by atoms with Gasteiger partial charge in [0, 0.05) is 16.8 Å². The quantitative estimate of drug-likeness (QED) is 0.666. The van der Waals surface area contributed by atoms with E-state index in [1.165, 1.54) is 0 Å². The van der Waals surface area contributed by atoms with Crippen LogP contribution in [0, 0.1) is 0 Å². The van der Waals surface area contributed by atoms with E-state index >= 15 is 0 Å². The third-order valence-electron chi connectivity index (χ3n) is 4.26. The van der Waals surface area contributed by atoms with Gasteiger partial charge in [0.1, 0.15) is 5.60 Å². The van der Waals surface area contributed by atoms with Crippen molar-refractivity contribution in [1.82, 2.24) is 0 Å². The predicted octanol–water partition coefficient (Wildman–Crippen LogP) is 3.53. The van der Waals surface area contributed by atoms with Crippen LogP contribution < -0.4 is 5.73 Å². The highest BCUT2D eigenvalue weighted by molar-refractivity contribution is 5.86. The average Bonchev–Trinajstić information content (AvgIpc) is 2.81. The number of aliphatic hydroxyl groups is 1. The average molecular weight is 273 g/mol. The van der Waals surface area contributed by atoms with Crippen molar-refractivity contribution in [2.75, 3.05) is 5.73 Å².